The van der Waals surface area contributed by atoms with Crippen molar-refractivity contribution in [3.05, 3.63) is 86.2 Å². The van der Waals surface area contributed by atoms with E-state index in [1.54, 1.807) is 18.3 Å². The molecule has 0 unspecified atom stereocenters. The van der Waals surface area contributed by atoms with Gasteiger partial charge in [-0.2, -0.15) is 0 Å². The molecule has 4 rings (SSSR count). The van der Waals surface area contributed by atoms with Crippen LogP contribution in [0.4, 0.5) is 0 Å². The predicted octanol–water partition coefficient (Wildman–Crippen LogP) is 4.63. The van der Waals surface area contributed by atoms with E-state index in [9.17, 15) is 9.59 Å². The third-order valence-corrected chi connectivity index (χ3v) is 5.89. The van der Waals surface area contributed by atoms with Crippen LogP contribution in [0.1, 0.15) is 16.1 Å². The first-order valence-corrected chi connectivity index (χ1v) is 9.72. The van der Waals surface area contributed by atoms with Crippen molar-refractivity contribution in [2.24, 2.45) is 0 Å². The highest BCUT2D eigenvalue weighted by atomic mass is 35.5. The van der Waals surface area contributed by atoms with Gasteiger partial charge in [0.05, 0.1) is 10.7 Å². The molecule has 0 aliphatic heterocycles. The number of aryl methyl sites for hydroxylation is 1. The van der Waals surface area contributed by atoms with Crippen molar-refractivity contribution >= 4 is 50.7 Å². The Balaban J connectivity index is 1.49. The SMILES string of the molecule is Cc1cccn2c(=O)cc(COC(=O)/C=C/c3sc4ccccc4c3Cl)nc12. The van der Waals surface area contributed by atoms with Crippen LogP contribution in [0.25, 0.3) is 21.8 Å². The number of hydrogen-bond acceptors (Lipinski definition) is 5. The van der Waals surface area contributed by atoms with E-state index in [1.165, 1.54) is 27.9 Å². The quantitative estimate of drug-likeness (QED) is 0.363. The summed E-state index contributed by atoms with van der Waals surface area (Å²) in [6.07, 6.45) is 4.63. The summed E-state index contributed by atoms with van der Waals surface area (Å²) in [6, 6.07) is 12.8. The number of carbonyl (C=O) groups excluding carboxylic acids is 1. The lowest BCUT2D eigenvalue weighted by Gasteiger charge is -2.06. The largest absolute Gasteiger partial charge is 0.456 e. The van der Waals surface area contributed by atoms with Gasteiger partial charge in [0.25, 0.3) is 5.56 Å². The van der Waals surface area contributed by atoms with Crippen LogP contribution in [0.15, 0.2) is 59.5 Å². The molecule has 0 radical (unpaired) electrons. The minimum absolute atomic E-state index is 0.0800. The van der Waals surface area contributed by atoms with Gasteiger partial charge in [-0.15, -0.1) is 11.3 Å². The Morgan fingerprint density at radius 2 is 2.11 bits per heavy atom. The minimum atomic E-state index is -0.527. The molecule has 4 aromatic rings. The fourth-order valence-corrected chi connectivity index (χ4v) is 4.26. The van der Waals surface area contributed by atoms with Crippen LogP contribution in [0.2, 0.25) is 5.02 Å². The number of halogens is 1. The van der Waals surface area contributed by atoms with Crippen molar-refractivity contribution in [3.63, 3.8) is 0 Å². The maximum atomic E-state index is 12.2. The average Bonchev–Trinajstić information content (AvgIpc) is 3.02. The zero-order chi connectivity index (χ0) is 19.7. The molecule has 3 heterocycles. The summed E-state index contributed by atoms with van der Waals surface area (Å²) in [7, 11) is 0. The maximum absolute atomic E-state index is 12.2. The molecule has 0 spiro atoms. The van der Waals surface area contributed by atoms with Gasteiger partial charge in [-0.25, -0.2) is 9.78 Å². The number of thiophene rings is 1. The Labute approximate surface area is 169 Å². The molecule has 0 bridgehead atoms. The van der Waals surface area contributed by atoms with E-state index in [0.717, 1.165) is 20.5 Å². The monoisotopic (exact) mass is 410 g/mol. The van der Waals surface area contributed by atoms with Crippen LogP contribution in [0.3, 0.4) is 0 Å². The zero-order valence-electron chi connectivity index (χ0n) is 14.9. The van der Waals surface area contributed by atoms with Crippen molar-refractivity contribution in [3.8, 4) is 0 Å². The predicted molar refractivity (Wildman–Crippen MR) is 112 cm³/mol. The van der Waals surface area contributed by atoms with Crippen LogP contribution < -0.4 is 5.56 Å². The summed E-state index contributed by atoms with van der Waals surface area (Å²) in [5.74, 6) is -0.527. The van der Waals surface area contributed by atoms with Gasteiger partial charge in [0.1, 0.15) is 12.3 Å². The summed E-state index contributed by atoms with van der Waals surface area (Å²) in [5, 5.41) is 1.57. The van der Waals surface area contributed by atoms with Gasteiger partial charge in [-0.1, -0.05) is 35.9 Å². The van der Waals surface area contributed by atoms with E-state index in [1.807, 2.05) is 37.3 Å². The van der Waals surface area contributed by atoms with Crippen LogP contribution in [0, 0.1) is 6.92 Å². The molecule has 0 amide bonds. The number of carbonyl (C=O) groups is 1. The lowest BCUT2D eigenvalue weighted by molar-refractivity contribution is -0.139. The Hall–Kier alpha value is -2.96. The number of esters is 1. The van der Waals surface area contributed by atoms with Gasteiger partial charge in [0, 0.05) is 33.3 Å². The van der Waals surface area contributed by atoms with E-state index in [2.05, 4.69) is 4.98 Å². The maximum Gasteiger partial charge on any atom is 0.331 e. The Morgan fingerprint density at radius 1 is 1.29 bits per heavy atom. The van der Waals surface area contributed by atoms with E-state index in [0.29, 0.717) is 16.4 Å². The highest BCUT2D eigenvalue weighted by Crippen LogP contribution is 2.35. The third kappa shape index (κ3) is 3.56. The summed E-state index contributed by atoms with van der Waals surface area (Å²) < 4.78 is 7.75. The highest BCUT2D eigenvalue weighted by molar-refractivity contribution is 7.20. The molecule has 28 heavy (non-hydrogen) atoms. The fraction of sp³-hybridized carbons (Fsp3) is 0.0952. The molecule has 0 aliphatic carbocycles. The van der Waals surface area contributed by atoms with Gasteiger partial charge in [0.15, 0.2) is 0 Å². The molecule has 5 nitrogen and oxygen atoms in total. The fourth-order valence-electron chi connectivity index (χ4n) is 2.86. The molecule has 0 N–H and O–H groups in total. The second-order valence-corrected chi connectivity index (χ2v) is 7.65. The Kier molecular flexibility index (Phi) is 4.98. The summed E-state index contributed by atoms with van der Waals surface area (Å²) in [5.41, 5.74) is 1.61. The van der Waals surface area contributed by atoms with Gasteiger partial charge in [-0.3, -0.25) is 9.20 Å². The zero-order valence-corrected chi connectivity index (χ0v) is 16.5. The average molecular weight is 411 g/mol. The van der Waals surface area contributed by atoms with Crippen molar-refractivity contribution in [2.75, 3.05) is 0 Å². The lowest BCUT2D eigenvalue weighted by atomic mass is 10.2. The number of rotatable bonds is 4. The first kappa shape index (κ1) is 18.4. The van der Waals surface area contributed by atoms with E-state index < -0.39 is 5.97 Å². The first-order chi connectivity index (χ1) is 13.5. The van der Waals surface area contributed by atoms with Crippen molar-refractivity contribution in [1.82, 2.24) is 9.38 Å². The van der Waals surface area contributed by atoms with Gasteiger partial charge in [0.2, 0.25) is 0 Å². The van der Waals surface area contributed by atoms with Crippen molar-refractivity contribution in [2.45, 2.75) is 13.5 Å². The number of aromatic nitrogens is 2. The molecular formula is C21H15ClN2O3S. The van der Waals surface area contributed by atoms with E-state index in [-0.39, 0.29) is 12.2 Å². The van der Waals surface area contributed by atoms with Crippen molar-refractivity contribution < 1.29 is 9.53 Å². The second kappa shape index (κ2) is 7.58. The van der Waals surface area contributed by atoms with Crippen LogP contribution in [-0.4, -0.2) is 15.4 Å². The summed E-state index contributed by atoms with van der Waals surface area (Å²) in [4.78, 5) is 29.5. The standard InChI is InChI=1S/C21H15ClN2O3S/c1-13-5-4-10-24-18(25)11-14(23-21(13)24)12-27-19(26)9-8-17-20(22)15-6-2-3-7-16(15)28-17/h2-11H,12H2,1H3/b9-8+. The molecule has 0 saturated carbocycles. The first-order valence-electron chi connectivity index (χ1n) is 8.53. The van der Waals surface area contributed by atoms with Gasteiger partial charge >= 0.3 is 5.97 Å². The van der Waals surface area contributed by atoms with Gasteiger partial charge in [-0.05, 0) is 30.7 Å². The molecule has 0 saturated heterocycles. The minimum Gasteiger partial charge on any atom is -0.456 e. The summed E-state index contributed by atoms with van der Waals surface area (Å²) in [6.45, 7) is 1.79. The van der Waals surface area contributed by atoms with E-state index in [4.69, 9.17) is 16.3 Å². The van der Waals surface area contributed by atoms with Crippen molar-refractivity contribution in [1.29, 1.82) is 0 Å². The van der Waals surface area contributed by atoms with Crippen LogP contribution in [0.5, 0.6) is 0 Å². The Morgan fingerprint density at radius 3 is 2.93 bits per heavy atom. The number of pyridine rings is 1. The Bertz CT molecular complexity index is 1290. The number of fused-ring (bicyclic) bond motifs is 2. The third-order valence-electron chi connectivity index (χ3n) is 4.23. The molecule has 0 aliphatic rings. The van der Waals surface area contributed by atoms with E-state index >= 15 is 0 Å². The highest BCUT2D eigenvalue weighted by Gasteiger charge is 2.09. The number of nitrogens with zero attached hydrogens (tertiary/aromatic N) is 2. The molecule has 7 heteroatoms. The smallest absolute Gasteiger partial charge is 0.331 e. The molecule has 0 fully saturated rings. The number of benzene rings is 1. The van der Waals surface area contributed by atoms with Crippen LogP contribution >= 0.6 is 22.9 Å². The van der Waals surface area contributed by atoms with Crippen LogP contribution in [-0.2, 0) is 16.1 Å². The van der Waals surface area contributed by atoms with Gasteiger partial charge < -0.3 is 4.74 Å². The second-order valence-electron chi connectivity index (χ2n) is 6.19. The topological polar surface area (TPSA) is 60.7 Å². The molecule has 0 atom stereocenters. The molecule has 3 aromatic heterocycles. The number of hydrogen-bond donors (Lipinski definition) is 0. The lowest BCUT2D eigenvalue weighted by Crippen LogP contribution is -2.17. The molecule has 140 valence electrons. The number of ether oxygens (including phenoxy) is 1. The normalized spacial score (nSPS) is 11.5. The summed E-state index contributed by atoms with van der Waals surface area (Å²) >= 11 is 7.86. The molecular weight excluding hydrogens is 396 g/mol. The molecule has 1 aromatic carbocycles.